The van der Waals surface area contributed by atoms with Crippen LogP contribution in [-0.4, -0.2) is 14.8 Å². The normalized spacial score (nSPS) is 10.7. The summed E-state index contributed by atoms with van der Waals surface area (Å²) in [6.07, 6.45) is 5.41. The first-order valence-electron chi connectivity index (χ1n) is 6.18. The summed E-state index contributed by atoms with van der Waals surface area (Å²) in [6, 6.07) is 7.97. The van der Waals surface area contributed by atoms with Gasteiger partial charge in [-0.1, -0.05) is 0 Å². The third-order valence-corrected chi connectivity index (χ3v) is 5.01. The summed E-state index contributed by atoms with van der Waals surface area (Å²) >= 11 is 5.33. The van der Waals surface area contributed by atoms with E-state index < -0.39 is 0 Å². The molecule has 0 unspecified atom stereocenters. The predicted octanol–water partition coefficient (Wildman–Crippen LogP) is 4.01. The van der Waals surface area contributed by atoms with Crippen molar-refractivity contribution in [2.45, 2.75) is 13.5 Å². The average molecular weight is 349 g/mol. The van der Waals surface area contributed by atoms with E-state index in [1.807, 2.05) is 24.4 Å². The number of anilines is 1. The highest BCUT2D eigenvalue weighted by Crippen LogP contribution is 2.27. The molecular weight excluding hydrogens is 336 g/mol. The maximum absolute atomic E-state index is 4.39. The number of thiophene rings is 1. The molecule has 102 valence electrons. The molecule has 3 rings (SSSR count). The standard InChI is InChI=1S/C14H13BrN4S/c1-10-12(15)8-11(20-10)9-17-13-4-2-5-16-14(13)19-7-3-6-18-19/h2-8,17H,9H2,1H3. The van der Waals surface area contributed by atoms with Gasteiger partial charge in [0.05, 0.1) is 5.69 Å². The zero-order valence-electron chi connectivity index (χ0n) is 10.9. The molecule has 0 aliphatic rings. The largest absolute Gasteiger partial charge is 0.377 e. The molecule has 0 amide bonds. The molecule has 0 saturated heterocycles. The van der Waals surface area contributed by atoms with Crippen molar-refractivity contribution >= 4 is 33.0 Å². The van der Waals surface area contributed by atoms with Gasteiger partial charge in [-0.25, -0.2) is 9.67 Å². The van der Waals surface area contributed by atoms with Crippen LogP contribution in [0.2, 0.25) is 0 Å². The van der Waals surface area contributed by atoms with Gasteiger partial charge in [0.2, 0.25) is 0 Å². The van der Waals surface area contributed by atoms with Crippen molar-refractivity contribution in [1.82, 2.24) is 14.8 Å². The van der Waals surface area contributed by atoms with Crippen molar-refractivity contribution in [3.8, 4) is 5.82 Å². The molecule has 0 aliphatic carbocycles. The third kappa shape index (κ3) is 2.76. The molecule has 3 heterocycles. The van der Waals surface area contributed by atoms with Crippen LogP contribution in [0, 0.1) is 6.92 Å². The zero-order chi connectivity index (χ0) is 13.9. The Hall–Kier alpha value is -1.66. The van der Waals surface area contributed by atoms with Crippen LogP contribution >= 0.6 is 27.3 Å². The fraction of sp³-hybridized carbons (Fsp3) is 0.143. The second kappa shape index (κ2) is 5.76. The molecule has 0 saturated carbocycles. The summed E-state index contributed by atoms with van der Waals surface area (Å²) in [7, 11) is 0. The molecule has 0 fully saturated rings. The van der Waals surface area contributed by atoms with E-state index in [0.717, 1.165) is 22.5 Å². The minimum absolute atomic E-state index is 0.775. The fourth-order valence-electron chi connectivity index (χ4n) is 1.90. The molecule has 0 bridgehead atoms. The van der Waals surface area contributed by atoms with E-state index in [-0.39, 0.29) is 0 Å². The third-order valence-electron chi connectivity index (χ3n) is 2.87. The van der Waals surface area contributed by atoms with Crippen molar-refractivity contribution in [2.75, 3.05) is 5.32 Å². The number of aromatic nitrogens is 3. The molecule has 0 aliphatic heterocycles. The average Bonchev–Trinajstić information content (AvgIpc) is 3.08. The molecular formula is C14H13BrN4S. The lowest BCUT2D eigenvalue weighted by molar-refractivity contribution is 0.846. The van der Waals surface area contributed by atoms with E-state index in [4.69, 9.17) is 0 Å². The van der Waals surface area contributed by atoms with E-state index in [9.17, 15) is 0 Å². The Morgan fingerprint density at radius 3 is 2.95 bits per heavy atom. The number of pyridine rings is 1. The van der Waals surface area contributed by atoms with Crippen molar-refractivity contribution in [1.29, 1.82) is 0 Å². The Morgan fingerprint density at radius 1 is 1.35 bits per heavy atom. The van der Waals surface area contributed by atoms with Crippen LogP contribution in [-0.2, 0) is 6.54 Å². The van der Waals surface area contributed by atoms with E-state index >= 15 is 0 Å². The Labute approximate surface area is 129 Å². The van der Waals surface area contributed by atoms with Gasteiger partial charge in [0, 0.05) is 39.4 Å². The van der Waals surface area contributed by atoms with Crippen molar-refractivity contribution in [2.24, 2.45) is 0 Å². The van der Waals surface area contributed by atoms with Crippen LogP contribution in [0.5, 0.6) is 0 Å². The van der Waals surface area contributed by atoms with Gasteiger partial charge >= 0.3 is 0 Å². The van der Waals surface area contributed by atoms with Gasteiger partial charge in [-0.15, -0.1) is 11.3 Å². The maximum Gasteiger partial charge on any atom is 0.176 e. The molecule has 4 nitrogen and oxygen atoms in total. The monoisotopic (exact) mass is 348 g/mol. The molecule has 0 radical (unpaired) electrons. The van der Waals surface area contributed by atoms with Crippen LogP contribution in [0.3, 0.4) is 0 Å². The van der Waals surface area contributed by atoms with E-state index in [0.29, 0.717) is 0 Å². The molecule has 3 aromatic rings. The summed E-state index contributed by atoms with van der Waals surface area (Å²) in [5.74, 6) is 0.810. The Morgan fingerprint density at radius 2 is 2.25 bits per heavy atom. The SMILES string of the molecule is Cc1sc(CNc2cccnc2-n2cccn2)cc1Br. The van der Waals surface area contributed by atoms with E-state index in [1.54, 1.807) is 28.4 Å². The number of hydrogen-bond donors (Lipinski definition) is 1. The van der Waals surface area contributed by atoms with Gasteiger partial charge in [0.25, 0.3) is 0 Å². The highest BCUT2D eigenvalue weighted by molar-refractivity contribution is 9.10. The van der Waals surface area contributed by atoms with Gasteiger partial charge in [0.1, 0.15) is 0 Å². The van der Waals surface area contributed by atoms with Gasteiger partial charge in [0.15, 0.2) is 5.82 Å². The molecule has 0 spiro atoms. The molecule has 0 atom stereocenters. The highest BCUT2D eigenvalue weighted by Gasteiger charge is 2.07. The number of nitrogens with zero attached hydrogens (tertiary/aromatic N) is 3. The summed E-state index contributed by atoms with van der Waals surface area (Å²) in [6.45, 7) is 2.88. The molecule has 1 N–H and O–H groups in total. The van der Waals surface area contributed by atoms with Gasteiger partial charge in [-0.3, -0.25) is 0 Å². The number of nitrogens with one attached hydrogen (secondary N) is 1. The predicted molar refractivity (Wildman–Crippen MR) is 85.4 cm³/mol. The number of halogens is 1. The number of aryl methyl sites for hydroxylation is 1. The highest BCUT2D eigenvalue weighted by atomic mass is 79.9. The van der Waals surface area contributed by atoms with E-state index in [1.165, 1.54) is 9.75 Å². The summed E-state index contributed by atoms with van der Waals surface area (Å²) in [5, 5.41) is 7.65. The number of rotatable bonds is 4. The zero-order valence-corrected chi connectivity index (χ0v) is 13.3. The van der Waals surface area contributed by atoms with Crippen molar-refractivity contribution in [3.05, 3.63) is 57.1 Å². The summed E-state index contributed by atoms with van der Waals surface area (Å²) < 4.78 is 2.93. The summed E-state index contributed by atoms with van der Waals surface area (Å²) in [4.78, 5) is 6.96. The molecule has 3 aromatic heterocycles. The quantitative estimate of drug-likeness (QED) is 0.774. The first kappa shape index (κ1) is 13.3. The van der Waals surface area contributed by atoms with Crippen LogP contribution in [0.15, 0.2) is 47.3 Å². The van der Waals surface area contributed by atoms with Crippen LogP contribution in [0.25, 0.3) is 5.82 Å². The minimum atomic E-state index is 0.775. The lowest BCUT2D eigenvalue weighted by atomic mass is 10.3. The van der Waals surface area contributed by atoms with Crippen LogP contribution in [0.1, 0.15) is 9.75 Å². The van der Waals surface area contributed by atoms with Gasteiger partial charge in [-0.05, 0) is 47.1 Å². The van der Waals surface area contributed by atoms with E-state index in [2.05, 4.69) is 44.3 Å². The number of hydrogen-bond acceptors (Lipinski definition) is 4. The summed E-state index contributed by atoms with van der Waals surface area (Å²) in [5.41, 5.74) is 0.971. The smallest absolute Gasteiger partial charge is 0.176 e. The van der Waals surface area contributed by atoms with Crippen LogP contribution < -0.4 is 5.32 Å². The molecule has 20 heavy (non-hydrogen) atoms. The topological polar surface area (TPSA) is 42.7 Å². The van der Waals surface area contributed by atoms with Crippen LogP contribution in [0.4, 0.5) is 5.69 Å². The Balaban J connectivity index is 1.81. The molecule has 6 heteroatoms. The Kier molecular flexibility index (Phi) is 3.84. The lowest BCUT2D eigenvalue weighted by Crippen LogP contribution is -2.05. The second-order valence-corrected chi connectivity index (χ2v) is 6.49. The van der Waals surface area contributed by atoms with Crippen molar-refractivity contribution < 1.29 is 0 Å². The maximum atomic E-state index is 4.39. The first-order valence-corrected chi connectivity index (χ1v) is 7.79. The van der Waals surface area contributed by atoms with Gasteiger partial charge in [-0.2, -0.15) is 5.10 Å². The second-order valence-electron chi connectivity index (χ2n) is 4.30. The fourth-order valence-corrected chi connectivity index (χ4v) is 3.44. The molecule has 0 aromatic carbocycles. The lowest BCUT2D eigenvalue weighted by Gasteiger charge is -2.09. The minimum Gasteiger partial charge on any atom is -0.377 e. The Bertz CT molecular complexity index is 686. The first-order chi connectivity index (χ1) is 9.74. The van der Waals surface area contributed by atoms with Crippen molar-refractivity contribution in [3.63, 3.8) is 0 Å². The van der Waals surface area contributed by atoms with Gasteiger partial charge < -0.3 is 5.32 Å².